The van der Waals surface area contributed by atoms with Crippen LogP contribution in [-0.2, 0) is 27.8 Å². The number of fused-ring (bicyclic) bond motifs is 2. The number of para-hydroxylation sites is 1. The highest BCUT2D eigenvalue weighted by atomic mass is 32.2. The number of hydrogen-bond donors (Lipinski definition) is 0. The zero-order valence-electron chi connectivity index (χ0n) is 15.0. The van der Waals surface area contributed by atoms with Gasteiger partial charge in [0, 0.05) is 13.6 Å². The van der Waals surface area contributed by atoms with Crippen molar-refractivity contribution in [3.63, 3.8) is 0 Å². The van der Waals surface area contributed by atoms with Gasteiger partial charge in [-0.1, -0.05) is 47.7 Å². The highest BCUT2D eigenvalue weighted by Crippen LogP contribution is 2.31. The Morgan fingerprint density at radius 3 is 2.52 bits per heavy atom. The fourth-order valence-corrected chi connectivity index (χ4v) is 5.31. The first-order chi connectivity index (χ1) is 12.8. The molecule has 0 radical (unpaired) electrons. The van der Waals surface area contributed by atoms with E-state index in [1.807, 2.05) is 48.5 Å². The molecule has 0 aliphatic carbocycles. The first-order valence-electron chi connectivity index (χ1n) is 8.51. The molecule has 27 heavy (non-hydrogen) atoms. The molecule has 1 aliphatic heterocycles. The maximum absolute atomic E-state index is 13.2. The summed E-state index contributed by atoms with van der Waals surface area (Å²) in [6, 6.07) is 14.6. The van der Waals surface area contributed by atoms with Crippen molar-refractivity contribution in [2.24, 2.45) is 0 Å². The minimum Gasteiger partial charge on any atom is -0.290 e. The van der Waals surface area contributed by atoms with Crippen LogP contribution in [0.2, 0.25) is 0 Å². The summed E-state index contributed by atoms with van der Waals surface area (Å²) in [6.45, 7) is 0.207. The lowest BCUT2D eigenvalue weighted by Gasteiger charge is -2.35. The van der Waals surface area contributed by atoms with Gasteiger partial charge in [0.1, 0.15) is 6.04 Å². The predicted molar refractivity (Wildman–Crippen MR) is 107 cm³/mol. The summed E-state index contributed by atoms with van der Waals surface area (Å²) >= 11 is 1.42. The van der Waals surface area contributed by atoms with E-state index in [1.54, 1.807) is 7.05 Å². The van der Waals surface area contributed by atoms with E-state index in [1.165, 1.54) is 20.5 Å². The number of hydrogen-bond acceptors (Lipinski definition) is 5. The van der Waals surface area contributed by atoms with E-state index in [9.17, 15) is 13.2 Å². The van der Waals surface area contributed by atoms with Crippen molar-refractivity contribution in [2.75, 3.05) is 18.2 Å². The van der Waals surface area contributed by atoms with Gasteiger partial charge in [-0.15, -0.1) is 0 Å². The van der Waals surface area contributed by atoms with Crippen LogP contribution in [-0.4, -0.2) is 43.0 Å². The normalized spacial score (nSPS) is 17.6. The largest absolute Gasteiger partial charge is 0.290 e. The first kappa shape index (κ1) is 18.1. The van der Waals surface area contributed by atoms with E-state index < -0.39 is 16.1 Å². The van der Waals surface area contributed by atoms with Crippen molar-refractivity contribution >= 4 is 42.6 Å². The Bertz CT molecular complexity index is 1090. The van der Waals surface area contributed by atoms with Crippen LogP contribution in [0.25, 0.3) is 10.2 Å². The molecule has 140 valence electrons. The number of carbonyl (C=O) groups is 1. The summed E-state index contributed by atoms with van der Waals surface area (Å²) in [5.41, 5.74) is 2.77. The van der Waals surface area contributed by atoms with Gasteiger partial charge in [0.25, 0.3) is 0 Å². The Balaban J connectivity index is 1.69. The molecule has 1 amide bonds. The molecule has 1 aliphatic rings. The highest BCUT2D eigenvalue weighted by Gasteiger charge is 2.38. The molecule has 0 spiro atoms. The van der Waals surface area contributed by atoms with Crippen LogP contribution in [0, 0.1) is 0 Å². The molecule has 0 saturated heterocycles. The number of sulfonamides is 1. The highest BCUT2D eigenvalue weighted by molar-refractivity contribution is 7.88. The number of amides is 1. The van der Waals surface area contributed by atoms with Crippen molar-refractivity contribution in [2.45, 2.75) is 19.0 Å². The Morgan fingerprint density at radius 2 is 1.81 bits per heavy atom. The zero-order valence-corrected chi connectivity index (χ0v) is 16.6. The molecule has 4 rings (SSSR count). The fourth-order valence-electron chi connectivity index (χ4n) is 3.38. The molecule has 2 heterocycles. The number of rotatable bonds is 3. The SMILES string of the molecule is CN(C(=O)C1Cc2ccccc2CN1S(C)(=O)=O)c1nc2ccccc2s1. The molecular formula is C19H19N3O3S2. The lowest BCUT2D eigenvalue weighted by molar-refractivity contribution is -0.122. The quantitative estimate of drug-likeness (QED) is 0.677. The van der Waals surface area contributed by atoms with Crippen molar-refractivity contribution in [1.82, 2.24) is 9.29 Å². The maximum atomic E-state index is 13.2. The van der Waals surface area contributed by atoms with Gasteiger partial charge in [0.05, 0.1) is 16.5 Å². The van der Waals surface area contributed by atoms with Crippen molar-refractivity contribution in [3.05, 3.63) is 59.7 Å². The van der Waals surface area contributed by atoms with E-state index in [2.05, 4.69) is 4.98 Å². The molecule has 0 bridgehead atoms. The van der Waals surface area contributed by atoms with E-state index in [0.717, 1.165) is 27.6 Å². The van der Waals surface area contributed by atoms with Gasteiger partial charge >= 0.3 is 0 Å². The summed E-state index contributed by atoms with van der Waals surface area (Å²) in [7, 11) is -1.88. The number of benzene rings is 2. The summed E-state index contributed by atoms with van der Waals surface area (Å²) in [6.07, 6.45) is 1.51. The third-order valence-corrected chi connectivity index (χ3v) is 7.17. The lowest BCUT2D eigenvalue weighted by atomic mass is 9.95. The monoisotopic (exact) mass is 401 g/mol. The fraction of sp³-hybridized carbons (Fsp3) is 0.263. The van der Waals surface area contributed by atoms with E-state index in [0.29, 0.717) is 11.6 Å². The molecule has 3 aromatic rings. The van der Waals surface area contributed by atoms with Crippen LogP contribution in [0.15, 0.2) is 48.5 Å². The molecular weight excluding hydrogens is 382 g/mol. The van der Waals surface area contributed by atoms with Crippen LogP contribution < -0.4 is 4.90 Å². The van der Waals surface area contributed by atoms with Crippen LogP contribution >= 0.6 is 11.3 Å². The number of carbonyl (C=O) groups excluding carboxylic acids is 1. The average Bonchev–Trinajstić information content (AvgIpc) is 3.09. The Kier molecular flexibility index (Phi) is 4.49. The molecule has 1 unspecified atom stereocenters. The third-order valence-electron chi connectivity index (χ3n) is 4.82. The Hall–Kier alpha value is -2.29. The molecule has 0 fully saturated rings. The van der Waals surface area contributed by atoms with Crippen LogP contribution in [0.3, 0.4) is 0 Å². The van der Waals surface area contributed by atoms with Gasteiger partial charge in [-0.05, 0) is 29.7 Å². The second kappa shape index (κ2) is 6.70. The van der Waals surface area contributed by atoms with Gasteiger partial charge in [-0.25, -0.2) is 13.4 Å². The van der Waals surface area contributed by atoms with Crippen LogP contribution in [0.5, 0.6) is 0 Å². The van der Waals surface area contributed by atoms with Crippen molar-refractivity contribution in [3.8, 4) is 0 Å². The Labute approximate surface area is 162 Å². The number of nitrogens with zero attached hydrogens (tertiary/aromatic N) is 3. The zero-order chi connectivity index (χ0) is 19.2. The van der Waals surface area contributed by atoms with Gasteiger partial charge in [-0.3, -0.25) is 9.69 Å². The number of anilines is 1. The van der Waals surface area contributed by atoms with Crippen molar-refractivity contribution < 1.29 is 13.2 Å². The lowest BCUT2D eigenvalue weighted by Crippen LogP contribution is -2.52. The van der Waals surface area contributed by atoms with Gasteiger partial charge in [0.2, 0.25) is 15.9 Å². The molecule has 6 nitrogen and oxygen atoms in total. The second-order valence-corrected chi connectivity index (χ2v) is 9.60. The summed E-state index contributed by atoms with van der Waals surface area (Å²) in [4.78, 5) is 19.2. The molecule has 0 saturated carbocycles. The second-order valence-electron chi connectivity index (χ2n) is 6.66. The van der Waals surface area contributed by atoms with Crippen LogP contribution in [0.1, 0.15) is 11.1 Å². The molecule has 0 N–H and O–H groups in total. The first-order valence-corrected chi connectivity index (χ1v) is 11.2. The third kappa shape index (κ3) is 3.36. The van der Waals surface area contributed by atoms with E-state index in [4.69, 9.17) is 0 Å². The molecule has 8 heteroatoms. The number of likely N-dealkylation sites (N-methyl/N-ethyl adjacent to an activating group) is 1. The predicted octanol–water partition coefficient (Wildman–Crippen LogP) is 2.65. The summed E-state index contributed by atoms with van der Waals surface area (Å²) in [5, 5.41) is 0.563. The molecule has 1 atom stereocenters. The van der Waals surface area contributed by atoms with Gasteiger partial charge in [-0.2, -0.15) is 4.31 Å². The minimum absolute atomic E-state index is 0.207. The maximum Gasteiger partial charge on any atom is 0.247 e. The van der Waals surface area contributed by atoms with Gasteiger partial charge in [0.15, 0.2) is 5.13 Å². The minimum atomic E-state index is -3.53. The molecule has 2 aromatic carbocycles. The smallest absolute Gasteiger partial charge is 0.247 e. The topological polar surface area (TPSA) is 70.6 Å². The standard InChI is InChI=1S/C19H19N3O3S2/c1-21(19-20-15-9-5-6-10-17(15)26-19)18(23)16-11-13-7-3-4-8-14(13)12-22(16)27(2,24)25/h3-10,16H,11-12H2,1-2H3. The average molecular weight is 402 g/mol. The number of thiazole rings is 1. The summed E-state index contributed by atoms with van der Waals surface area (Å²) < 4.78 is 27.0. The van der Waals surface area contributed by atoms with Crippen molar-refractivity contribution in [1.29, 1.82) is 0 Å². The van der Waals surface area contributed by atoms with E-state index >= 15 is 0 Å². The van der Waals surface area contributed by atoms with Gasteiger partial charge < -0.3 is 0 Å². The van der Waals surface area contributed by atoms with Crippen LogP contribution in [0.4, 0.5) is 5.13 Å². The Morgan fingerprint density at radius 1 is 1.15 bits per heavy atom. The number of aromatic nitrogens is 1. The molecule has 1 aromatic heterocycles. The van der Waals surface area contributed by atoms with E-state index in [-0.39, 0.29) is 12.5 Å². The summed E-state index contributed by atoms with van der Waals surface area (Å²) in [5.74, 6) is -0.269.